The molecule has 10 heteroatoms. The summed E-state index contributed by atoms with van der Waals surface area (Å²) in [6.07, 6.45) is 0.740. The molecular weight excluding hydrogens is 437 g/mol. The van der Waals surface area contributed by atoms with Crippen LogP contribution >= 0.6 is 23.2 Å². The van der Waals surface area contributed by atoms with Gasteiger partial charge in [-0.1, -0.05) is 41.4 Å². The Morgan fingerprint density at radius 3 is 2.24 bits per heavy atom. The monoisotopic (exact) mass is 455 g/mol. The summed E-state index contributed by atoms with van der Waals surface area (Å²) in [5.74, 6) is -0.360. The Balaban J connectivity index is 1.92. The average molecular weight is 456 g/mol. The molecule has 2 aromatic rings. The zero-order valence-corrected chi connectivity index (χ0v) is 17.7. The second-order valence-corrected chi connectivity index (χ2v) is 9.12. The minimum atomic E-state index is -4.02. The van der Waals surface area contributed by atoms with Crippen molar-refractivity contribution in [3.63, 3.8) is 0 Å². The zero-order valence-electron chi connectivity index (χ0n) is 15.4. The Kier molecular flexibility index (Phi) is 6.66. The van der Waals surface area contributed by atoms with E-state index in [2.05, 4.69) is 0 Å². The fraction of sp³-hybridized carbons (Fsp3) is 0.263. The maximum Gasteiger partial charge on any atom is 0.264 e. The quantitative estimate of drug-likeness (QED) is 0.626. The van der Waals surface area contributed by atoms with Crippen LogP contribution in [0.1, 0.15) is 0 Å². The summed E-state index contributed by atoms with van der Waals surface area (Å²) >= 11 is 12.0. The molecule has 0 atom stereocenters. The van der Waals surface area contributed by atoms with Crippen molar-refractivity contribution in [1.82, 2.24) is 9.80 Å². The number of nitrogens with zero attached hydrogens (tertiary/aromatic N) is 3. The first kappa shape index (κ1) is 21.4. The van der Waals surface area contributed by atoms with Gasteiger partial charge in [-0.05, 0) is 30.3 Å². The summed E-state index contributed by atoms with van der Waals surface area (Å²) in [7, 11) is -4.02. The third kappa shape index (κ3) is 4.83. The van der Waals surface area contributed by atoms with Crippen LogP contribution in [0.25, 0.3) is 0 Å². The topological polar surface area (TPSA) is 78.0 Å². The van der Waals surface area contributed by atoms with Gasteiger partial charge in [0.15, 0.2) is 0 Å². The van der Waals surface area contributed by atoms with Gasteiger partial charge in [-0.15, -0.1) is 0 Å². The lowest BCUT2D eigenvalue weighted by Crippen LogP contribution is -2.51. The van der Waals surface area contributed by atoms with Crippen LogP contribution in [0.3, 0.4) is 0 Å². The van der Waals surface area contributed by atoms with E-state index in [1.807, 2.05) is 0 Å². The highest BCUT2D eigenvalue weighted by molar-refractivity contribution is 7.92. The third-order valence-electron chi connectivity index (χ3n) is 4.62. The third-order valence-corrected chi connectivity index (χ3v) is 7.14. The SMILES string of the molecule is O=CN1CCN(C(=O)CN(c2ccc(Cl)c(Cl)c2)S(=O)(=O)c2ccccc2)CC1. The van der Waals surface area contributed by atoms with Crippen LogP contribution in [-0.4, -0.2) is 63.3 Å². The van der Waals surface area contributed by atoms with E-state index in [9.17, 15) is 18.0 Å². The van der Waals surface area contributed by atoms with Gasteiger partial charge in [-0.3, -0.25) is 13.9 Å². The first-order valence-corrected chi connectivity index (χ1v) is 11.0. The van der Waals surface area contributed by atoms with Crippen LogP contribution < -0.4 is 4.31 Å². The number of anilines is 1. The van der Waals surface area contributed by atoms with Crippen molar-refractivity contribution in [3.05, 3.63) is 58.6 Å². The van der Waals surface area contributed by atoms with Crippen LogP contribution in [0.5, 0.6) is 0 Å². The number of rotatable bonds is 6. The molecule has 1 heterocycles. The number of halogens is 2. The predicted octanol–water partition coefficient (Wildman–Crippen LogP) is 2.49. The summed E-state index contributed by atoms with van der Waals surface area (Å²) in [6, 6.07) is 12.3. The average Bonchev–Trinajstić information content (AvgIpc) is 2.74. The summed E-state index contributed by atoms with van der Waals surface area (Å²) in [6.45, 7) is 1.12. The lowest BCUT2D eigenvalue weighted by Gasteiger charge is -2.34. The summed E-state index contributed by atoms with van der Waals surface area (Å²) in [5.41, 5.74) is 0.239. The fourth-order valence-corrected chi connectivity index (χ4v) is 4.69. The van der Waals surface area contributed by atoms with Gasteiger partial charge in [0.2, 0.25) is 12.3 Å². The Bertz CT molecular complexity index is 994. The van der Waals surface area contributed by atoms with Crippen LogP contribution in [0.4, 0.5) is 5.69 Å². The molecule has 0 saturated carbocycles. The van der Waals surface area contributed by atoms with E-state index in [-0.39, 0.29) is 26.5 Å². The minimum absolute atomic E-state index is 0.0599. The lowest BCUT2D eigenvalue weighted by atomic mass is 10.3. The van der Waals surface area contributed by atoms with E-state index >= 15 is 0 Å². The zero-order chi connectivity index (χ0) is 21.0. The molecule has 3 rings (SSSR count). The molecule has 0 bridgehead atoms. The molecule has 0 spiro atoms. The van der Waals surface area contributed by atoms with E-state index in [4.69, 9.17) is 23.2 Å². The number of carbonyl (C=O) groups excluding carboxylic acids is 2. The first-order chi connectivity index (χ1) is 13.8. The van der Waals surface area contributed by atoms with Crippen molar-refractivity contribution in [2.45, 2.75) is 4.90 Å². The maximum atomic E-state index is 13.3. The fourth-order valence-electron chi connectivity index (χ4n) is 2.97. The van der Waals surface area contributed by atoms with E-state index < -0.39 is 16.6 Å². The number of carbonyl (C=O) groups is 2. The first-order valence-electron chi connectivity index (χ1n) is 8.83. The largest absolute Gasteiger partial charge is 0.342 e. The molecule has 1 aliphatic rings. The lowest BCUT2D eigenvalue weighted by molar-refractivity contribution is -0.133. The van der Waals surface area contributed by atoms with Crippen LogP contribution in [0.2, 0.25) is 10.0 Å². The van der Waals surface area contributed by atoms with Gasteiger partial charge in [0, 0.05) is 26.2 Å². The van der Waals surface area contributed by atoms with E-state index in [0.717, 1.165) is 10.7 Å². The summed E-state index contributed by atoms with van der Waals surface area (Å²) < 4.78 is 27.6. The smallest absolute Gasteiger partial charge is 0.264 e. The standard InChI is InChI=1S/C19H19Cl2N3O4S/c20-17-7-6-15(12-18(17)21)24(29(27,28)16-4-2-1-3-5-16)13-19(26)23-10-8-22(14-25)9-11-23/h1-7,12,14H,8-11,13H2. The van der Waals surface area contributed by atoms with E-state index in [1.165, 1.54) is 30.3 Å². The van der Waals surface area contributed by atoms with Gasteiger partial charge in [0.05, 0.1) is 20.6 Å². The molecule has 0 aliphatic carbocycles. The molecule has 154 valence electrons. The number of piperazine rings is 1. The van der Waals surface area contributed by atoms with Crippen molar-refractivity contribution in [3.8, 4) is 0 Å². The summed E-state index contributed by atoms with van der Waals surface area (Å²) in [5, 5.41) is 0.466. The van der Waals surface area contributed by atoms with Gasteiger partial charge in [-0.25, -0.2) is 8.42 Å². The highest BCUT2D eigenvalue weighted by Crippen LogP contribution is 2.30. The molecule has 7 nitrogen and oxygen atoms in total. The normalized spacial score (nSPS) is 14.6. The second-order valence-electron chi connectivity index (χ2n) is 6.45. The molecule has 1 fully saturated rings. The Hall–Kier alpha value is -2.29. The number of sulfonamides is 1. The molecule has 0 N–H and O–H groups in total. The Labute approximate surface area is 179 Å². The maximum absolute atomic E-state index is 13.3. The Morgan fingerprint density at radius 2 is 1.66 bits per heavy atom. The number of benzene rings is 2. The van der Waals surface area contributed by atoms with Crippen molar-refractivity contribution >= 4 is 51.2 Å². The summed E-state index contributed by atoms with van der Waals surface area (Å²) in [4.78, 5) is 26.9. The van der Waals surface area contributed by atoms with Gasteiger partial charge in [0.1, 0.15) is 6.54 Å². The van der Waals surface area contributed by atoms with Crippen LogP contribution in [0.15, 0.2) is 53.4 Å². The predicted molar refractivity (Wildman–Crippen MR) is 112 cm³/mol. The highest BCUT2D eigenvalue weighted by atomic mass is 35.5. The second kappa shape index (κ2) is 9.02. The molecule has 2 amide bonds. The van der Waals surface area contributed by atoms with E-state index in [1.54, 1.807) is 28.0 Å². The molecule has 0 radical (unpaired) electrons. The van der Waals surface area contributed by atoms with Crippen molar-refractivity contribution in [1.29, 1.82) is 0 Å². The van der Waals surface area contributed by atoms with Gasteiger partial charge in [0.25, 0.3) is 10.0 Å². The van der Waals surface area contributed by atoms with E-state index in [0.29, 0.717) is 26.2 Å². The van der Waals surface area contributed by atoms with Gasteiger partial charge >= 0.3 is 0 Å². The van der Waals surface area contributed by atoms with Crippen molar-refractivity contribution < 1.29 is 18.0 Å². The minimum Gasteiger partial charge on any atom is -0.342 e. The molecule has 2 aromatic carbocycles. The molecule has 1 aliphatic heterocycles. The highest BCUT2D eigenvalue weighted by Gasteiger charge is 2.30. The number of amides is 2. The van der Waals surface area contributed by atoms with Crippen LogP contribution in [0, 0.1) is 0 Å². The molecule has 0 aromatic heterocycles. The van der Waals surface area contributed by atoms with Gasteiger partial charge < -0.3 is 9.80 Å². The molecule has 29 heavy (non-hydrogen) atoms. The van der Waals surface area contributed by atoms with Crippen molar-refractivity contribution in [2.75, 3.05) is 37.0 Å². The Morgan fingerprint density at radius 1 is 1.00 bits per heavy atom. The van der Waals surface area contributed by atoms with Crippen LogP contribution in [-0.2, 0) is 19.6 Å². The number of hydrogen-bond acceptors (Lipinski definition) is 4. The molecular formula is C19H19Cl2N3O4S. The molecule has 1 saturated heterocycles. The van der Waals surface area contributed by atoms with Crippen molar-refractivity contribution in [2.24, 2.45) is 0 Å². The number of hydrogen-bond donors (Lipinski definition) is 0. The molecule has 0 unspecified atom stereocenters. The van der Waals surface area contributed by atoms with Gasteiger partial charge in [-0.2, -0.15) is 0 Å².